The highest BCUT2D eigenvalue weighted by Crippen LogP contribution is 2.00. The van der Waals surface area contributed by atoms with Gasteiger partial charge in [-0.3, -0.25) is 0 Å². The van der Waals surface area contributed by atoms with Crippen LogP contribution in [0.1, 0.15) is 11.1 Å². The third kappa shape index (κ3) is 1.09. The van der Waals surface area contributed by atoms with Crippen molar-refractivity contribution in [3.63, 3.8) is 0 Å². The van der Waals surface area contributed by atoms with Crippen molar-refractivity contribution in [2.24, 2.45) is 0 Å². The van der Waals surface area contributed by atoms with E-state index in [1.54, 1.807) is 0 Å². The Hall–Kier alpha value is -0.780. The van der Waals surface area contributed by atoms with Crippen molar-refractivity contribution in [1.82, 2.24) is 0 Å². The summed E-state index contributed by atoms with van der Waals surface area (Å²) in [6, 6.07) is 7.80. The molecule has 8 heavy (non-hydrogen) atoms. The zero-order valence-electron chi connectivity index (χ0n) is 4.89. The predicted octanol–water partition coefficient (Wildman–Crippen LogP) is 2.05. The van der Waals surface area contributed by atoms with Crippen LogP contribution in [-0.2, 0) is 0 Å². The predicted molar refractivity (Wildman–Crippen MR) is 34.6 cm³/mol. The van der Waals surface area contributed by atoms with Crippen molar-refractivity contribution in [3.8, 4) is 0 Å². The van der Waals surface area contributed by atoms with Gasteiger partial charge in [-0.25, -0.2) is 0 Å². The molecule has 0 atom stereocenters. The summed E-state index contributed by atoms with van der Waals surface area (Å²) in [6.45, 7) is 7.48. The molecule has 1 aromatic rings. The van der Waals surface area contributed by atoms with Crippen LogP contribution in [0, 0.1) is 13.8 Å². The molecule has 0 aliphatic carbocycles. The standard InChI is InChI=1S/C8H8/c1-7-4-3-5-8(2)6-7/h1,3-6H,2H3. The summed E-state index contributed by atoms with van der Waals surface area (Å²) >= 11 is 0. The van der Waals surface area contributed by atoms with Crippen LogP contribution in [0.3, 0.4) is 0 Å². The fourth-order valence-electron chi connectivity index (χ4n) is 0.670. The van der Waals surface area contributed by atoms with Crippen molar-refractivity contribution in [2.45, 2.75) is 6.92 Å². The van der Waals surface area contributed by atoms with Gasteiger partial charge in [-0.15, -0.1) is 0 Å². The molecule has 0 amide bonds. The van der Waals surface area contributed by atoms with E-state index in [2.05, 4.69) is 0 Å². The summed E-state index contributed by atoms with van der Waals surface area (Å²) in [5, 5.41) is 0. The summed E-state index contributed by atoms with van der Waals surface area (Å²) in [7, 11) is 0. The zero-order chi connectivity index (χ0) is 5.98. The smallest absolute Gasteiger partial charge is 0.00119 e. The van der Waals surface area contributed by atoms with E-state index in [9.17, 15) is 0 Å². The largest absolute Gasteiger partial charge is 0.0617 e. The molecule has 0 spiro atoms. The molecule has 0 heteroatoms. The first kappa shape index (κ1) is 5.36. The molecule has 0 fully saturated rings. The highest BCUT2D eigenvalue weighted by molar-refractivity contribution is 5.23. The number of benzene rings is 1. The average molecular weight is 104 g/mol. The maximum Gasteiger partial charge on any atom is -0.00119 e. The van der Waals surface area contributed by atoms with Gasteiger partial charge in [0.25, 0.3) is 0 Å². The van der Waals surface area contributed by atoms with Gasteiger partial charge < -0.3 is 0 Å². The number of aryl methyl sites for hydroxylation is 1. The van der Waals surface area contributed by atoms with Crippen LogP contribution in [0.15, 0.2) is 24.3 Å². The molecule has 0 N–H and O–H groups in total. The molecule has 1 rings (SSSR count). The second-order valence-electron chi connectivity index (χ2n) is 1.91. The second-order valence-corrected chi connectivity index (χ2v) is 1.91. The normalized spacial score (nSPS) is 9.25. The lowest BCUT2D eigenvalue weighted by molar-refractivity contribution is 1.44. The van der Waals surface area contributed by atoms with Crippen molar-refractivity contribution in [2.75, 3.05) is 0 Å². The number of hydrogen-bond acceptors (Lipinski definition) is 0. The molecule has 1 aromatic carbocycles. The SMILES string of the molecule is [CH]c1cccc(C)c1. The topological polar surface area (TPSA) is 0 Å². The van der Waals surface area contributed by atoms with Crippen LogP contribution in [0.5, 0.6) is 0 Å². The van der Waals surface area contributed by atoms with Gasteiger partial charge in [0, 0.05) is 0 Å². The lowest BCUT2D eigenvalue weighted by atomic mass is 10.2. The molecular formula is C8H8. The minimum absolute atomic E-state index is 0.838. The van der Waals surface area contributed by atoms with Crippen LogP contribution in [0.25, 0.3) is 0 Å². The Morgan fingerprint density at radius 3 is 2.50 bits per heavy atom. The van der Waals surface area contributed by atoms with Crippen LogP contribution in [0.2, 0.25) is 0 Å². The van der Waals surface area contributed by atoms with Crippen molar-refractivity contribution < 1.29 is 0 Å². The van der Waals surface area contributed by atoms with Crippen LogP contribution in [0.4, 0.5) is 0 Å². The van der Waals surface area contributed by atoms with Crippen LogP contribution < -0.4 is 0 Å². The Kier molecular flexibility index (Phi) is 1.34. The Balaban J connectivity index is 3.08. The molecule has 0 aliphatic rings. The molecule has 2 radical (unpaired) electrons. The molecule has 0 saturated heterocycles. The Morgan fingerprint density at radius 2 is 2.12 bits per heavy atom. The van der Waals surface area contributed by atoms with E-state index >= 15 is 0 Å². The molecule has 0 aliphatic heterocycles. The molecule has 0 aromatic heterocycles. The van der Waals surface area contributed by atoms with Crippen molar-refractivity contribution >= 4 is 0 Å². The van der Waals surface area contributed by atoms with Gasteiger partial charge in [0.15, 0.2) is 0 Å². The first-order valence-corrected chi connectivity index (χ1v) is 2.61. The molecule has 0 nitrogen and oxygen atoms in total. The van der Waals surface area contributed by atoms with Crippen LogP contribution >= 0.6 is 0 Å². The number of hydrogen-bond donors (Lipinski definition) is 0. The fraction of sp³-hybridized carbons (Fsp3) is 0.125. The van der Waals surface area contributed by atoms with E-state index < -0.39 is 0 Å². The van der Waals surface area contributed by atoms with Gasteiger partial charge in [0.1, 0.15) is 0 Å². The zero-order valence-corrected chi connectivity index (χ0v) is 4.89. The van der Waals surface area contributed by atoms with E-state index in [4.69, 9.17) is 6.92 Å². The van der Waals surface area contributed by atoms with Gasteiger partial charge >= 0.3 is 0 Å². The third-order valence-corrected chi connectivity index (χ3v) is 1.04. The molecule has 0 bridgehead atoms. The van der Waals surface area contributed by atoms with Gasteiger partial charge in [-0.2, -0.15) is 0 Å². The van der Waals surface area contributed by atoms with E-state index in [1.165, 1.54) is 5.56 Å². The first-order valence-electron chi connectivity index (χ1n) is 2.61. The average Bonchev–Trinajstić information content (AvgIpc) is 1.64. The fourth-order valence-corrected chi connectivity index (χ4v) is 0.670. The monoisotopic (exact) mass is 104 g/mol. The molecular weight excluding hydrogens is 96.1 g/mol. The molecule has 0 heterocycles. The van der Waals surface area contributed by atoms with Gasteiger partial charge in [-0.1, -0.05) is 29.8 Å². The van der Waals surface area contributed by atoms with Gasteiger partial charge in [0.2, 0.25) is 0 Å². The van der Waals surface area contributed by atoms with Gasteiger partial charge in [-0.05, 0) is 19.4 Å². The lowest BCUT2D eigenvalue weighted by Gasteiger charge is -1.90. The molecule has 40 valence electrons. The maximum atomic E-state index is 5.46. The quantitative estimate of drug-likeness (QED) is 0.472. The van der Waals surface area contributed by atoms with E-state index in [0.29, 0.717) is 0 Å². The summed E-state index contributed by atoms with van der Waals surface area (Å²) in [5.41, 5.74) is 2.05. The van der Waals surface area contributed by atoms with Gasteiger partial charge in [0.05, 0.1) is 0 Å². The van der Waals surface area contributed by atoms with E-state index in [1.807, 2.05) is 31.2 Å². The van der Waals surface area contributed by atoms with Crippen molar-refractivity contribution in [3.05, 3.63) is 42.3 Å². The Morgan fingerprint density at radius 1 is 1.38 bits per heavy atom. The van der Waals surface area contributed by atoms with Crippen molar-refractivity contribution in [1.29, 1.82) is 0 Å². The highest BCUT2D eigenvalue weighted by Gasteiger charge is 1.81. The first-order chi connectivity index (χ1) is 3.79. The highest BCUT2D eigenvalue weighted by atomic mass is 13.9. The maximum absolute atomic E-state index is 5.46. The second kappa shape index (κ2) is 1.99. The van der Waals surface area contributed by atoms with Crippen LogP contribution in [-0.4, -0.2) is 0 Å². The lowest BCUT2D eigenvalue weighted by Crippen LogP contribution is -1.71. The molecule has 0 saturated carbocycles. The summed E-state index contributed by atoms with van der Waals surface area (Å²) in [6.07, 6.45) is 0. The summed E-state index contributed by atoms with van der Waals surface area (Å²) in [5.74, 6) is 0. The Bertz CT molecular complexity index is 160. The Labute approximate surface area is 50.2 Å². The minimum atomic E-state index is 0.838. The molecule has 0 unspecified atom stereocenters. The van der Waals surface area contributed by atoms with E-state index in [-0.39, 0.29) is 0 Å². The summed E-state index contributed by atoms with van der Waals surface area (Å²) in [4.78, 5) is 0. The summed E-state index contributed by atoms with van der Waals surface area (Å²) < 4.78 is 0. The minimum Gasteiger partial charge on any atom is -0.0617 e. The van der Waals surface area contributed by atoms with E-state index in [0.717, 1.165) is 5.56 Å². The number of rotatable bonds is 0. The third-order valence-electron chi connectivity index (χ3n) is 1.04.